The molecule has 6 nitrogen and oxygen atoms in total. The molecule has 120 valence electrons. The highest BCUT2D eigenvalue weighted by Gasteiger charge is 2.54. The second-order valence-electron chi connectivity index (χ2n) is 6.18. The minimum Gasteiger partial charge on any atom is -0.445 e. The van der Waals surface area contributed by atoms with E-state index in [9.17, 15) is 9.90 Å². The van der Waals surface area contributed by atoms with E-state index in [1.54, 1.807) is 13.8 Å². The van der Waals surface area contributed by atoms with Gasteiger partial charge in [0.15, 0.2) is 5.79 Å². The molecule has 22 heavy (non-hydrogen) atoms. The highest BCUT2D eigenvalue weighted by molar-refractivity contribution is 5.67. The SMILES string of the molecule is CC1(C)O[C@@H]2[C@H](O1)[C@@H](NC(=O)OCc1ccccc1)C[C@H]2O. The number of nitrogens with one attached hydrogen (secondary N) is 1. The van der Waals surface area contributed by atoms with E-state index in [0.29, 0.717) is 6.42 Å². The zero-order chi connectivity index (χ0) is 15.7. The van der Waals surface area contributed by atoms with Crippen LogP contribution in [0.1, 0.15) is 25.8 Å². The van der Waals surface area contributed by atoms with Crippen molar-refractivity contribution in [1.29, 1.82) is 0 Å². The molecule has 1 saturated carbocycles. The van der Waals surface area contributed by atoms with Gasteiger partial charge in [-0.05, 0) is 25.8 Å². The number of aliphatic hydroxyl groups excluding tert-OH is 1. The molecule has 0 bridgehead atoms. The van der Waals surface area contributed by atoms with Crippen LogP contribution in [0.25, 0.3) is 0 Å². The number of alkyl carbamates (subject to hydrolysis) is 1. The Bertz CT molecular complexity index is 533. The summed E-state index contributed by atoms with van der Waals surface area (Å²) in [5.74, 6) is -0.745. The lowest BCUT2D eigenvalue weighted by atomic mass is 10.2. The van der Waals surface area contributed by atoms with E-state index in [1.807, 2.05) is 30.3 Å². The van der Waals surface area contributed by atoms with E-state index in [0.717, 1.165) is 5.56 Å². The first-order chi connectivity index (χ1) is 10.4. The third-order valence-electron chi connectivity index (χ3n) is 3.95. The number of ether oxygens (including phenoxy) is 3. The number of aliphatic hydroxyl groups is 1. The highest BCUT2D eigenvalue weighted by atomic mass is 16.8. The molecule has 6 heteroatoms. The normalized spacial score (nSPS) is 32.5. The minimum absolute atomic E-state index is 0.207. The molecule has 1 heterocycles. The Hall–Kier alpha value is -1.63. The summed E-state index contributed by atoms with van der Waals surface area (Å²) in [6.45, 7) is 3.80. The van der Waals surface area contributed by atoms with Crippen LogP contribution in [0.2, 0.25) is 0 Å². The summed E-state index contributed by atoms with van der Waals surface area (Å²) >= 11 is 0. The van der Waals surface area contributed by atoms with Crippen molar-refractivity contribution in [1.82, 2.24) is 5.32 Å². The van der Waals surface area contributed by atoms with Crippen LogP contribution in [0.3, 0.4) is 0 Å². The summed E-state index contributed by atoms with van der Waals surface area (Å²) in [5.41, 5.74) is 0.920. The molecular weight excluding hydrogens is 286 g/mol. The van der Waals surface area contributed by atoms with Gasteiger partial charge in [-0.1, -0.05) is 30.3 Å². The van der Waals surface area contributed by atoms with Gasteiger partial charge in [-0.3, -0.25) is 0 Å². The predicted molar refractivity (Wildman–Crippen MR) is 78.0 cm³/mol. The van der Waals surface area contributed by atoms with Crippen LogP contribution in [0.5, 0.6) is 0 Å². The maximum atomic E-state index is 11.9. The van der Waals surface area contributed by atoms with Crippen molar-refractivity contribution in [2.45, 2.75) is 57.0 Å². The fraction of sp³-hybridized carbons (Fsp3) is 0.562. The topological polar surface area (TPSA) is 77.0 Å². The fourth-order valence-corrected chi connectivity index (χ4v) is 3.01. The van der Waals surface area contributed by atoms with Crippen LogP contribution in [-0.4, -0.2) is 41.3 Å². The summed E-state index contributed by atoms with van der Waals surface area (Å²) in [6.07, 6.45) is -1.53. The molecule has 2 fully saturated rings. The summed E-state index contributed by atoms with van der Waals surface area (Å²) in [6, 6.07) is 9.15. The minimum atomic E-state index is -0.745. The van der Waals surface area contributed by atoms with Gasteiger partial charge in [0.2, 0.25) is 0 Å². The van der Waals surface area contributed by atoms with Gasteiger partial charge in [-0.25, -0.2) is 4.79 Å². The maximum absolute atomic E-state index is 11.9. The first-order valence-corrected chi connectivity index (χ1v) is 7.45. The second kappa shape index (κ2) is 5.87. The number of carbonyl (C=O) groups is 1. The van der Waals surface area contributed by atoms with E-state index in [2.05, 4.69) is 5.32 Å². The Labute approximate surface area is 129 Å². The third kappa shape index (κ3) is 3.24. The summed E-state index contributed by atoms with van der Waals surface area (Å²) < 4.78 is 16.6. The second-order valence-corrected chi connectivity index (χ2v) is 6.18. The van der Waals surface area contributed by atoms with Crippen LogP contribution < -0.4 is 5.32 Å². The average Bonchev–Trinajstić information content (AvgIpc) is 2.93. The molecule has 0 radical (unpaired) electrons. The first kappa shape index (κ1) is 15.3. The van der Waals surface area contributed by atoms with E-state index >= 15 is 0 Å². The van der Waals surface area contributed by atoms with E-state index in [1.165, 1.54) is 0 Å². The van der Waals surface area contributed by atoms with Crippen molar-refractivity contribution < 1.29 is 24.1 Å². The third-order valence-corrected chi connectivity index (χ3v) is 3.95. The predicted octanol–water partition coefficient (Wildman–Crippen LogP) is 1.57. The fourth-order valence-electron chi connectivity index (χ4n) is 3.01. The summed E-state index contributed by atoms with van der Waals surface area (Å²) in [4.78, 5) is 11.9. The summed E-state index contributed by atoms with van der Waals surface area (Å²) in [7, 11) is 0. The highest BCUT2D eigenvalue weighted by Crippen LogP contribution is 2.38. The molecule has 0 aromatic heterocycles. The van der Waals surface area contributed by atoms with Crippen molar-refractivity contribution in [2.24, 2.45) is 0 Å². The average molecular weight is 307 g/mol. The Morgan fingerprint density at radius 1 is 1.32 bits per heavy atom. The molecule has 1 amide bonds. The first-order valence-electron chi connectivity index (χ1n) is 7.45. The molecule has 4 atom stereocenters. The molecule has 0 unspecified atom stereocenters. The van der Waals surface area contributed by atoms with Gasteiger partial charge in [-0.15, -0.1) is 0 Å². The van der Waals surface area contributed by atoms with Crippen LogP contribution in [0, 0.1) is 0 Å². The van der Waals surface area contributed by atoms with E-state index in [4.69, 9.17) is 14.2 Å². The van der Waals surface area contributed by atoms with Crippen LogP contribution in [0.15, 0.2) is 30.3 Å². The van der Waals surface area contributed by atoms with E-state index in [-0.39, 0.29) is 18.8 Å². The number of hydrogen-bond donors (Lipinski definition) is 2. The molecule has 2 aliphatic rings. The smallest absolute Gasteiger partial charge is 0.407 e. The lowest BCUT2D eigenvalue weighted by molar-refractivity contribution is -0.163. The largest absolute Gasteiger partial charge is 0.445 e. The molecule has 1 aromatic carbocycles. The number of rotatable bonds is 3. The van der Waals surface area contributed by atoms with Crippen LogP contribution in [0.4, 0.5) is 4.79 Å². The number of carbonyl (C=O) groups excluding carboxylic acids is 1. The Morgan fingerprint density at radius 2 is 2.00 bits per heavy atom. The van der Waals surface area contributed by atoms with Crippen molar-refractivity contribution in [3.05, 3.63) is 35.9 Å². The van der Waals surface area contributed by atoms with Crippen LogP contribution >= 0.6 is 0 Å². The van der Waals surface area contributed by atoms with Crippen molar-refractivity contribution >= 4 is 6.09 Å². The standard InChI is InChI=1S/C16H21NO5/c1-16(2)21-13-11(8-12(18)14(13)22-16)17-15(19)20-9-10-6-4-3-5-7-10/h3-7,11-14,18H,8-9H2,1-2H3,(H,17,19)/t11-,12+,13+,14-/m0/s1. The van der Waals surface area contributed by atoms with Gasteiger partial charge in [0.1, 0.15) is 18.8 Å². The Kier molecular flexibility index (Phi) is 4.08. The van der Waals surface area contributed by atoms with Crippen molar-refractivity contribution in [2.75, 3.05) is 0 Å². The van der Waals surface area contributed by atoms with Gasteiger partial charge in [0, 0.05) is 0 Å². The number of hydrogen-bond acceptors (Lipinski definition) is 5. The van der Waals surface area contributed by atoms with Crippen LogP contribution in [-0.2, 0) is 20.8 Å². The molecular formula is C16H21NO5. The monoisotopic (exact) mass is 307 g/mol. The zero-order valence-electron chi connectivity index (χ0n) is 12.7. The maximum Gasteiger partial charge on any atom is 0.407 e. The van der Waals surface area contributed by atoms with Gasteiger partial charge >= 0.3 is 6.09 Å². The molecule has 3 rings (SSSR count). The number of amides is 1. The molecule has 0 spiro atoms. The Morgan fingerprint density at radius 3 is 2.73 bits per heavy atom. The molecule has 2 N–H and O–H groups in total. The molecule has 1 saturated heterocycles. The number of benzene rings is 1. The quantitative estimate of drug-likeness (QED) is 0.886. The van der Waals surface area contributed by atoms with Gasteiger partial charge in [-0.2, -0.15) is 0 Å². The van der Waals surface area contributed by atoms with Crippen molar-refractivity contribution in [3.63, 3.8) is 0 Å². The van der Waals surface area contributed by atoms with E-state index < -0.39 is 24.1 Å². The molecule has 1 aliphatic heterocycles. The van der Waals surface area contributed by atoms with Crippen molar-refractivity contribution in [3.8, 4) is 0 Å². The zero-order valence-corrected chi connectivity index (χ0v) is 12.7. The molecule has 1 aromatic rings. The van der Waals surface area contributed by atoms with Gasteiger partial charge in [0.25, 0.3) is 0 Å². The lowest BCUT2D eigenvalue weighted by Gasteiger charge is -2.22. The lowest BCUT2D eigenvalue weighted by Crippen LogP contribution is -2.43. The Balaban J connectivity index is 1.53. The van der Waals surface area contributed by atoms with Gasteiger partial charge < -0.3 is 24.6 Å². The van der Waals surface area contributed by atoms with Gasteiger partial charge in [0.05, 0.1) is 12.1 Å². The number of fused-ring (bicyclic) bond motifs is 1. The molecule has 1 aliphatic carbocycles. The summed E-state index contributed by atoms with van der Waals surface area (Å²) in [5, 5.41) is 12.8.